The number of benzene rings is 2. The van der Waals surface area contributed by atoms with E-state index < -0.39 is 112 Å². The molecule has 0 amide bonds. The highest BCUT2D eigenvalue weighted by atomic mass is 31.1. The lowest BCUT2D eigenvalue weighted by molar-refractivity contribution is 0.383. The van der Waals surface area contributed by atoms with Crippen LogP contribution in [-0.2, 0) is 0 Å². The first-order chi connectivity index (χ1) is 16.1. The third-order valence-electron chi connectivity index (χ3n) is 4.08. The van der Waals surface area contributed by atoms with Crippen molar-refractivity contribution in [2.75, 3.05) is 6.67 Å². The smallest absolute Gasteiger partial charge is 0.200 e. The molecule has 0 atom stereocenters. The van der Waals surface area contributed by atoms with Crippen molar-refractivity contribution in [3.8, 4) is 0 Å². The fraction of sp³-hybridized carbons (Fsp3) is 0.0526. The molecule has 0 fully saturated rings. The average molecular weight is 548 g/mol. The second-order valence-electron chi connectivity index (χ2n) is 6.10. The first-order valence-corrected chi connectivity index (χ1v) is 9.63. The van der Waals surface area contributed by atoms with Crippen molar-refractivity contribution in [1.29, 1.82) is 0 Å². The number of allylic oxidation sites excluding steroid dienone is 5. The number of hydrogen-bond donors (Lipinski definition) is 0. The van der Waals surface area contributed by atoms with Crippen molar-refractivity contribution >= 4 is 18.5 Å². The van der Waals surface area contributed by atoms with E-state index >= 15 is 0 Å². The maximum Gasteiger partial charge on any atom is 0.200 e. The number of halogens is 15. The highest BCUT2D eigenvalue weighted by molar-refractivity contribution is 7.77. The third kappa shape index (κ3) is 4.65. The first-order valence-electron chi connectivity index (χ1n) is 8.29. The Kier molecular flexibility index (Phi) is 8.36. The molecular formula is C19H4F15P. The van der Waals surface area contributed by atoms with E-state index in [1.807, 2.05) is 0 Å². The lowest BCUT2D eigenvalue weighted by Gasteiger charge is -2.23. The van der Waals surface area contributed by atoms with Gasteiger partial charge in [0.2, 0.25) is 11.6 Å². The standard InChI is InChI=1S/C19H4F15P/c1-3(5(22)7(24)6(23)4(21)2-20)35(18-14(31)10(27)8(25)11(28)15(18)32)19-16(33)12(29)9(26)13(30)17(19)34/h1-2H2/b6-4-,7-5-. The molecule has 0 aliphatic rings. The predicted molar refractivity (Wildman–Crippen MR) is 92.3 cm³/mol. The van der Waals surface area contributed by atoms with E-state index in [1.165, 1.54) is 0 Å². The zero-order chi connectivity index (χ0) is 27.1. The summed E-state index contributed by atoms with van der Waals surface area (Å²) in [5.74, 6) is -40.7. The van der Waals surface area contributed by atoms with Gasteiger partial charge in [0, 0.05) is 13.2 Å². The van der Waals surface area contributed by atoms with E-state index in [2.05, 4.69) is 6.58 Å². The van der Waals surface area contributed by atoms with Gasteiger partial charge < -0.3 is 0 Å². The summed E-state index contributed by atoms with van der Waals surface area (Å²) in [6, 6.07) is 0. The molecule has 0 saturated heterocycles. The second-order valence-corrected chi connectivity index (χ2v) is 8.20. The molecule has 2 aromatic carbocycles. The van der Waals surface area contributed by atoms with Gasteiger partial charge in [0.1, 0.15) is 6.67 Å². The summed E-state index contributed by atoms with van der Waals surface area (Å²) in [4.78, 5) is 0. The SMILES string of the molecule is C=C(/C(F)=C(F)\C(F)=C(\F)CF)P(c1c(F)c(F)c(F)c(F)c1F)c1c(F)c(F)c(F)c(F)c1F. The van der Waals surface area contributed by atoms with E-state index in [-0.39, 0.29) is 0 Å². The van der Waals surface area contributed by atoms with E-state index in [9.17, 15) is 65.9 Å². The van der Waals surface area contributed by atoms with Gasteiger partial charge in [-0.1, -0.05) is 6.58 Å². The van der Waals surface area contributed by atoms with Crippen LogP contribution in [0, 0.1) is 58.2 Å². The summed E-state index contributed by atoms with van der Waals surface area (Å²) >= 11 is 0. The molecule has 0 spiro atoms. The van der Waals surface area contributed by atoms with Crippen LogP contribution in [0.3, 0.4) is 0 Å². The average Bonchev–Trinajstić information content (AvgIpc) is 2.85. The lowest BCUT2D eigenvalue weighted by Crippen LogP contribution is -2.29. The molecule has 2 aromatic rings. The van der Waals surface area contributed by atoms with Gasteiger partial charge in [0.15, 0.2) is 69.8 Å². The summed E-state index contributed by atoms with van der Waals surface area (Å²) in [6.45, 7) is 0.145. The van der Waals surface area contributed by atoms with Crippen LogP contribution < -0.4 is 10.6 Å². The molecule has 0 aliphatic carbocycles. The first kappa shape index (κ1) is 28.3. The van der Waals surface area contributed by atoms with Gasteiger partial charge in [-0.05, 0) is 0 Å². The normalized spacial score (nSPS) is 13.3. The van der Waals surface area contributed by atoms with E-state index in [4.69, 9.17) is 0 Å². The molecule has 16 heteroatoms. The van der Waals surface area contributed by atoms with Crippen molar-refractivity contribution in [1.82, 2.24) is 0 Å². The van der Waals surface area contributed by atoms with Crippen LogP contribution in [0.25, 0.3) is 0 Å². The number of alkyl halides is 1. The summed E-state index contributed by atoms with van der Waals surface area (Å²) < 4.78 is 206. The van der Waals surface area contributed by atoms with Crippen LogP contribution in [0.2, 0.25) is 0 Å². The van der Waals surface area contributed by atoms with Crippen molar-refractivity contribution < 1.29 is 65.9 Å². The Balaban J connectivity index is 3.10. The van der Waals surface area contributed by atoms with Gasteiger partial charge in [0.25, 0.3) is 0 Å². The Bertz CT molecular complexity index is 1170. The van der Waals surface area contributed by atoms with Crippen molar-refractivity contribution in [3.05, 3.63) is 93.4 Å². The Morgan fingerprint density at radius 2 is 0.771 bits per heavy atom. The van der Waals surface area contributed by atoms with E-state index in [0.29, 0.717) is 0 Å². The monoisotopic (exact) mass is 548 g/mol. The minimum Gasteiger partial charge on any atom is -0.243 e. The van der Waals surface area contributed by atoms with Gasteiger partial charge in [-0.3, -0.25) is 0 Å². The van der Waals surface area contributed by atoms with Gasteiger partial charge in [-0.25, -0.2) is 65.9 Å². The van der Waals surface area contributed by atoms with Gasteiger partial charge in [0.05, 0.1) is 10.6 Å². The highest BCUT2D eigenvalue weighted by Gasteiger charge is 2.40. The summed E-state index contributed by atoms with van der Waals surface area (Å²) in [5.41, 5.74) is 0. The quantitative estimate of drug-likeness (QED) is 0.117. The highest BCUT2D eigenvalue weighted by Crippen LogP contribution is 2.51. The Hall–Kier alpha value is -2.96. The molecule has 0 radical (unpaired) electrons. The minimum absolute atomic E-state index is 2.15. The largest absolute Gasteiger partial charge is 0.243 e. The Labute approximate surface area is 185 Å². The summed E-state index contributed by atoms with van der Waals surface area (Å²) in [5, 5.41) is -7.03. The number of hydrogen-bond acceptors (Lipinski definition) is 0. The molecule has 0 aliphatic heterocycles. The van der Waals surface area contributed by atoms with Gasteiger partial charge in [-0.2, -0.15) is 0 Å². The van der Waals surface area contributed by atoms with Crippen LogP contribution in [0.4, 0.5) is 65.9 Å². The van der Waals surface area contributed by atoms with E-state index in [1.54, 1.807) is 0 Å². The van der Waals surface area contributed by atoms with Crippen molar-refractivity contribution in [2.24, 2.45) is 0 Å². The zero-order valence-corrected chi connectivity index (χ0v) is 16.9. The van der Waals surface area contributed by atoms with Gasteiger partial charge in [-0.15, -0.1) is 0 Å². The fourth-order valence-electron chi connectivity index (χ4n) is 2.46. The molecule has 0 aromatic heterocycles. The molecular weight excluding hydrogens is 544 g/mol. The van der Waals surface area contributed by atoms with Crippen LogP contribution in [0.5, 0.6) is 0 Å². The van der Waals surface area contributed by atoms with Gasteiger partial charge >= 0.3 is 0 Å². The molecule has 0 saturated carbocycles. The molecule has 35 heavy (non-hydrogen) atoms. The molecule has 0 N–H and O–H groups in total. The molecule has 0 bridgehead atoms. The zero-order valence-electron chi connectivity index (χ0n) is 16.0. The van der Waals surface area contributed by atoms with Crippen LogP contribution in [0.15, 0.2) is 35.2 Å². The van der Waals surface area contributed by atoms with Crippen LogP contribution >= 0.6 is 7.92 Å². The van der Waals surface area contributed by atoms with Crippen LogP contribution in [-0.4, -0.2) is 6.67 Å². The predicted octanol–water partition coefficient (Wildman–Crippen LogP) is 7.29. The van der Waals surface area contributed by atoms with Crippen LogP contribution in [0.1, 0.15) is 0 Å². The minimum atomic E-state index is -4.57. The van der Waals surface area contributed by atoms with E-state index in [0.717, 1.165) is 0 Å². The third-order valence-corrected chi connectivity index (χ3v) is 6.50. The molecule has 2 rings (SSSR count). The van der Waals surface area contributed by atoms with Crippen molar-refractivity contribution in [3.63, 3.8) is 0 Å². The number of rotatable bonds is 6. The molecule has 190 valence electrons. The second kappa shape index (κ2) is 10.3. The lowest BCUT2D eigenvalue weighted by atomic mass is 10.3. The molecule has 0 nitrogen and oxygen atoms in total. The topological polar surface area (TPSA) is 0 Å². The molecule has 0 heterocycles. The summed E-state index contributed by atoms with van der Waals surface area (Å²) in [6.07, 6.45) is 0. The maximum atomic E-state index is 14.5. The molecule has 0 unspecified atom stereocenters. The fourth-order valence-corrected chi connectivity index (χ4v) is 4.70. The summed E-state index contributed by atoms with van der Waals surface area (Å²) in [7, 11) is -4.57. The maximum absolute atomic E-state index is 14.5. The van der Waals surface area contributed by atoms with Crippen molar-refractivity contribution in [2.45, 2.75) is 0 Å². The Morgan fingerprint density at radius 3 is 1.06 bits per heavy atom. The Morgan fingerprint density at radius 1 is 0.486 bits per heavy atom.